The third kappa shape index (κ3) is 7.96. The van der Waals surface area contributed by atoms with Crippen LogP contribution in [-0.2, 0) is 23.9 Å². The maximum absolute atomic E-state index is 13.9. The Labute approximate surface area is 258 Å². The highest BCUT2D eigenvalue weighted by Crippen LogP contribution is 2.58. The lowest BCUT2D eigenvalue weighted by molar-refractivity contribution is -0.197. The van der Waals surface area contributed by atoms with Crippen LogP contribution in [0.5, 0.6) is 5.75 Å². The number of cyclic esters (lactones) is 2. The molecule has 42 heavy (non-hydrogen) atoms. The van der Waals surface area contributed by atoms with Crippen LogP contribution in [-0.4, -0.2) is 30.6 Å². The molecule has 0 radical (unpaired) electrons. The zero-order valence-electron chi connectivity index (χ0n) is 22.1. The second-order valence-corrected chi connectivity index (χ2v) is 12.8. The average Bonchev–Trinajstić information content (AvgIpc) is 3.08. The van der Waals surface area contributed by atoms with Crippen molar-refractivity contribution in [1.29, 1.82) is 0 Å². The van der Waals surface area contributed by atoms with E-state index in [1.165, 1.54) is 19.3 Å². The van der Waals surface area contributed by atoms with Crippen molar-refractivity contribution in [2.24, 2.45) is 28.6 Å². The molecule has 1 aromatic rings. The molecule has 6 nitrogen and oxygen atoms in total. The van der Waals surface area contributed by atoms with Crippen molar-refractivity contribution in [2.45, 2.75) is 141 Å². The summed E-state index contributed by atoms with van der Waals surface area (Å²) in [6, 6.07) is 7.80. The molecule has 1 aliphatic heterocycles. The van der Waals surface area contributed by atoms with E-state index in [4.69, 9.17) is 14.2 Å². The number of hydrogen-bond donors (Lipinski definition) is 0. The van der Waals surface area contributed by atoms with Gasteiger partial charge in [0.05, 0.1) is 24.4 Å². The van der Waals surface area contributed by atoms with Gasteiger partial charge in [-0.1, -0.05) is 63.6 Å². The molecule has 1 aromatic carbocycles. The van der Waals surface area contributed by atoms with E-state index in [9.17, 15) is 14.4 Å². The van der Waals surface area contributed by atoms with Crippen molar-refractivity contribution in [3.05, 3.63) is 29.8 Å². The van der Waals surface area contributed by atoms with Gasteiger partial charge in [-0.3, -0.25) is 14.4 Å². The van der Waals surface area contributed by atoms with E-state index in [0.717, 1.165) is 30.6 Å². The Morgan fingerprint density at radius 1 is 0.952 bits per heavy atom. The van der Waals surface area contributed by atoms with Crippen LogP contribution >= 0.6 is 0 Å². The van der Waals surface area contributed by atoms with Crippen LogP contribution < -0.4 is 4.74 Å². The van der Waals surface area contributed by atoms with Crippen molar-refractivity contribution >= 4 is 17.9 Å². The van der Waals surface area contributed by atoms with Gasteiger partial charge in [-0.05, 0) is 113 Å². The number of rotatable bonds is 9. The Kier molecular flexibility index (Phi) is 15.3. The van der Waals surface area contributed by atoms with E-state index in [1.807, 2.05) is 38.1 Å². The Bertz CT molecular complexity index is 995. The zero-order chi connectivity index (χ0) is 25.7. The normalized spacial score (nSPS) is 30.2. The van der Waals surface area contributed by atoms with Gasteiger partial charge in [-0.25, -0.2) is 0 Å². The first-order valence-electron chi connectivity index (χ1n) is 13.7. The Hall–Kier alpha value is -2.37. The standard InChI is InChI=1S/C30H40O6.6CH4/c1-5-28(2,27(33)36-30-13-19-10-20(14-30)12-21(11-19)15-30)16-23(22-6-8-24(34-4)9-7-22)17-29(3)18-25(31)35-26(29)32;;;;;;/h6-9,19-21,23H,5,10-18H2,1-4H3;6*1H4. The van der Waals surface area contributed by atoms with Gasteiger partial charge in [0.25, 0.3) is 0 Å². The molecule has 0 aromatic heterocycles. The summed E-state index contributed by atoms with van der Waals surface area (Å²) in [6.45, 7) is 5.85. The van der Waals surface area contributed by atoms with Crippen molar-refractivity contribution in [3.63, 3.8) is 0 Å². The summed E-state index contributed by atoms with van der Waals surface area (Å²) in [6.07, 6.45) is 8.62. The lowest BCUT2D eigenvalue weighted by Gasteiger charge is -2.56. The van der Waals surface area contributed by atoms with Crippen molar-refractivity contribution in [3.8, 4) is 5.75 Å². The van der Waals surface area contributed by atoms with Crippen molar-refractivity contribution in [1.82, 2.24) is 0 Å². The minimum Gasteiger partial charge on any atom is -0.497 e. The molecule has 1 saturated heterocycles. The summed E-state index contributed by atoms with van der Waals surface area (Å²) >= 11 is 0. The van der Waals surface area contributed by atoms with E-state index in [-0.39, 0.29) is 68.5 Å². The fraction of sp³-hybridized carbons (Fsp3) is 0.750. The fourth-order valence-corrected chi connectivity index (χ4v) is 7.93. The highest BCUT2D eigenvalue weighted by molar-refractivity contribution is 5.97. The van der Waals surface area contributed by atoms with Gasteiger partial charge in [0, 0.05) is 0 Å². The molecule has 6 heteroatoms. The number of methoxy groups -OCH3 is 1. The molecule has 244 valence electrons. The minimum atomic E-state index is -0.903. The van der Waals surface area contributed by atoms with Gasteiger partial charge < -0.3 is 14.2 Å². The third-order valence-corrected chi connectivity index (χ3v) is 9.78. The first-order chi connectivity index (χ1) is 17.1. The summed E-state index contributed by atoms with van der Waals surface area (Å²) in [5, 5.41) is 0. The molecular formula is C36H64O6. The number of esters is 3. The van der Waals surface area contributed by atoms with E-state index in [0.29, 0.717) is 37.0 Å². The van der Waals surface area contributed by atoms with Crippen LogP contribution in [0.25, 0.3) is 0 Å². The van der Waals surface area contributed by atoms with Gasteiger partial charge >= 0.3 is 17.9 Å². The maximum atomic E-state index is 13.9. The smallest absolute Gasteiger partial charge is 0.320 e. The predicted molar refractivity (Wildman–Crippen MR) is 175 cm³/mol. The average molecular weight is 593 g/mol. The quantitative estimate of drug-likeness (QED) is 0.210. The summed E-state index contributed by atoms with van der Waals surface area (Å²) in [4.78, 5) is 38.4. The topological polar surface area (TPSA) is 78.9 Å². The molecule has 0 spiro atoms. The fourth-order valence-electron chi connectivity index (χ4n) is 7.93. The van der Waals surface area contributed by atoms with Crippen LogP contribution in [0.15, 0.2) is 24.3 Å². The molecule has 1 heterocycles. The minimum absolute atomic E-state index is 0. The van der Waals surface area contributed by atoms with E-state index in [1.54, 1.807) is 14.0 Å². The molecule has 0 N–H and O–H groups in total. The van der Waals surface area contributed by atoms with E-state index < -0.39 is 22.8 Å². The number of carbonyl (C=O) groups excluding carboxylic acids is 3. The van der Waals surface area contributed by atoms with Gasteiger partial charge in [0.15, 0.2) is 0 Å². The number of benzene rings is 1. The largest absolute Gasteiger partial charge is 0.497 e. The van der Waals surface area contributed by atoms with Crippen LogP contribution in [0.3, 0.4) is 0 Å². The molecule has 4 aliphatic carbocycles. The molecule has 5 fully saturated rings. The molecule has 4 saturated carbocycles. The second-order valence-electron chi connectivity index (χ2n) is 12.8. The summed E-state index contributed by atoms with van der Waals surface area (Å²) in [5.41, 5.74) is -0.867. The molecule has 6 rings (SSSR count). The molecule has 3 unspecified atom stereocenters. The van der Waals surface area contributed by atoms with Crippen LogP contribution in [0.2, 0.25) is 0 Å². The second kappa shape index (κ2) is 15.4. The number of carbonyl (C=O) groups is 3. The predicted octanol–water partition coefficient (Wildman–Crippen LogP) is 9.78. The SMILES string of the molecule is C.C.C.C.C.C.CCC(C)(CC(CC1(C)CC(=O)OC1=O)c1ccc(OC)cc1)C(=O)OC12CC3CC(CC(C3)C1)C2. The molecule has 4 bridgehead atoms. The van der Waals surface area contributed by atoms with Gasteiger partial charge in [-0.2, -0.15) is 0 Å². The number of ether oxygens (including phenoxy) is 3. The lowest BCUT2D eigenvalue weighted by atomic mass is 9.54. The highest BCUT2D eigenvalue weighted by atomic mass is 16.6. The maximum Gasteiger partial charge on any atom is 0.320 e. The first kappa shape index (κ1) is 41.8. The molecule has 5 aliphatic rings. The van der Waals surface area contributed by atoms with Crippen LogP contribution in [0.4, 0.5) is 0 Å². The highest BCUT2D eigenvalue weighted by Gasteiger charge is 2.55. The third-order valence-electron chi connectivity index (χ3n) is 9.78. The molecule has 0 amide bonds. The Morgan fingerprint density at radius 2 is 1.45 bits per heavy atom. The Balaban J connectivity index is 0. The monoisotopic (exact) mass is 592 g/mol. The molecule has 3 atom stereocenters. The summed E-state index contributed by atoms with van der Waals surface area (Å²) < 4.78 is 16.8. The lowest BCUT2D eigenvalue weighted by Crippen LogP contribution is -2.54. The van der Waals surface area contributed by atoms with Crippen LogP contribution in [0, 0.1) is 28.6 Å². The van der Waals surface area contributed by atoms with Crippen molar-refractivity contribution < 1.29 is 28.6 Å². The van der Waals surface area contributed by atoms with Crippen LogP contribution in [0.1, 0.15) is 141 Å². The Morgan fingerprint density at radius 3 is 1.86 bits per heavy atom. The summed E-state index contributed by atoms with van der Waals surface area (Å²) in [7, 11) is 1.63. The zero-order valence-corrected chi connectivity index (χ0v) is 22.1. The first-order valence-corrected chi connectivity index (χ1v) is 13.7. The summed E-state index contributed by atoms with van der Waals surface area (Å²) in [5.74, 6) is 1.68. The molecular weight excluding hydrogens is 528 g/mol. The van der Waals surface area contributed by atoms with Gasteiger partial charge in [0.2, 0.25) is 0 Å². The number of hydrogen-bond acceptors (Lipinski definition) is 6. The van der Waals surface area contributed by atoms with E-state index in [2.05, 4.69) is 0 Å². The van der Waals surface area contributed by atoms with E-state index >= 15 is 0 Å². The van der Waals surface area contributed by atoms with Gasteiger partial charge in [-0.15, -0.1) is 0 Å². The van der Waals surface area contributed by atoms with Gasteiger partial charge in [0.1, 0.15) is 11.4 Å². The van der Waals surface area contributed by atoms with Crippen molar-refractivity contribution in [2.75, 3.05) is 7.11 Å².